The molecule has 0 bridgehead atoms. The van der Waals surface area contributed by atoms with Gasteiger partial charge in [0, 0.05) is 19.6 Å². The fourth-order valence-electron chi connectivity index (χ4n) is 3.87. The zero-order valence-corrected chi connectivity index (χ0v) is 18.9. The maximum absolute atomic E-state index is 12.7. The van der Waals surface area contributed by atoms with Crippen LogP contribution < -0.4 is 0 Å². The van der Waals surface area contributed by atoms with Crippen molar-refractivity contribution in [2.75, 3.05) is 26.2 Å². The van der Waals surface area contributed by atoms with Crippen molar-refractivity contribution in [1.82, 2.24) is 9.80 Å². The lowest BCUT2D eigenvalue weighted by molar-refractivity contribution is -0.148. The van der Waals surface area contributed by atoms with Gasteiger partial charge in [0.2, 0.25) is 0 Å². The van der Waals surface area contributed by atoms with Gasteiger partial charge in [-0.05, 0) is 73.1 Å². The highest BCUT2D eigenvalue weighted by atomic mass is 16.6. The summed E-state index contributed by atoms with van der Waals surface area (Å²) in [6.45, 7) is 14.4. The largest absolute Gasteiger partial charge is 0.464 e. The van der Waals surface area contributed by atoms with E-state index in [4.69, 9.17) is 14.2 Å². The molecular weight excluding hydrogens is 376 g/mol. The minimum Gasteiger partial charge on any atom is -0.464 e. The third-order valence-corrected chi connectivity index (χ3v) is 5.17. The average molecular weight is 413 g/mol. The van der Waals surface area contributed by atoms with Crippen LogP contribution in [0.15, 0.2) is 0 Å². The summed E-state index contributed by atoms with van der Waals surface area (Å²) in [6, 6.07) is -0.655. The number of carbonyl (C=O) groups is 3. The normalized spacial score (nSPS) is 21.8. The highest BCUT2D eigenvalue weighted by molar-refractivity contribution is 5.82. The van der Waals surface area contributed by atoms with Crippen molar-refractivity contribution in [3.63, 3.8) is 0 Å². The van der Waals surface area contributed by atoms with E-state index in [0.29, 0.717) is 38.9 Å². The summed E-state index contributed by atoms with van der Waals surface area (Å²) in [5, 5.41) is 0. The quantitative estimate of drug-likeness (QED) is 0.509. The molecule has 2 saturated heterocycles. The molecule has 0 radical (unpaired) electrons. The van der Waals surface area contributed by atoms with Crippen molar-refractivity contribution < 1.29 is 28.6 Å². The summed E-state index contributed by atoms with van der Waals surface area (Å²) >= 11 is 0. The van der Waals surface area contributed by atoms with Gasteiger partial charge in [0.1, 0.15) is 17.2 Å². The lowest BCUT2D eigenvalue weighted by atomic mass is 9.76. The molecule has 2 aliphatic rings. The Morgan fingerprint density at radius 1 is 0.931 bits per heavy atom. The van der Waals surface area contributed by atoms with Gasteiger partial charge in [0.25, 0.3) is 0 Å². The molecule has 2 amide bonds. The van der Waals surface area contributed by atoms with Crippen LogP contribution in [0, 0.1) is 5.41 Å². The van der Waals surface area contributed by atoms with Gasteiger partial charge in [-0.15, -0.1) is 0 Å². The predicted molar refractivity (Wildman–Crippen MR) is 107 cm³/mol. The first-order chi connectivity index (χ1) is 13.3. The molecule has 2 aliphatic heterocycles. The minimum absolute atomic E-state index is 0.229. The zero-order chi connectivity index (χ0) is 22.0. The Balaban J connectivity index is 2.09. The number of piperidine rings is 1. The Kier molecular flexibility index (Phi) is 6.75. The van der Waals surface area contributed by atoms with Crippen LogP contribution in [0.5, 0.6) is 0 Å². The van der Waals surface area contributed by atoms with Gasteiger partial charge in [0.05, 0.1) is 6.61 Å². The number of hydrogen-bond acceptors (Lipinski definition) is 6. The second kappa shape index (κ2) is 8.40. The van der Waals surface area contributed by atoms with Crippen LogP contribution in [0.3, 0.4) is 0 Å². The predicted octanol–water partition coefficient (Wildman–Crippen LogP) is 3.58. The first-order valence-corrected chi connectivity index (χ1v) is 10.4. The van der Waals surface area contributed by atoms with Crippen LogP contribution in [-0.4, -0.2) is 71.4 Å². The Bertz CT molecular complexity index is 626. The van der Waals surface area contributed by atoms with Crippen LogP contribution in [0.4, 0.5) is 9.59 Å². The van der Waals surface area contributed by atoms with E-state index in [0.717, 1.165) is 0 Å². The monoisotopic (exact) mass is 412 g/mol. The van der Waals surface area contributed by atoms with Crippen LogP contribution >= 0.6 is 0 Å². The number of esters is 1. The van der Waals surface area contributed by atoms with Gasteiger partial charge in [0.15, 0.2) is 0 Å². The molecule has 0 aromatic heterocycles. The zero-order valence-electron chi connectivity index (χ0n) is 18.9. The topological polar surface area (TPSA) is 85.4 Å². The molecule has 0 aromatic rings. The smallest absolute Gasteiger partial charge is 0.411 e. The molecule has 1 atom stereocenters. The van der Waals surface area contributed by atoms with Crippen LogP contribution in [0.2, 0.25) is 0 Å². The molecule has 8 heteroatoms. The summed E-state index contributed by atoms with van der Waals surface area (Å²) < 4.78 is 16.2. The van der Waals surface area contributed by atoms with Crippen molar-refractivity contribution in [3.05, 3.63) is 0 Å². The van der Waals surface area contributed by atoms with Crippen molar-refractivity contribution in [2.24, 2.45) is 5.41 Å². The van der Waals surface area contributed by atoms with Crippen LogP contribution in [0.25, 0.3) is 0 Å². The van der Waals surface area contributed by atoms with Gasteiger partial charge in [-0.2, -0.15) is 0 Å². The van der Waals surface area contributed by atoms with Crippen LogP contribution in [0.1, 0.15) is 67.7 Å². The number of hydrogen-bond donors (Lipinski definition) is 0. The number of nitrogens with zero attached hydrogens (tertiary/aromatic N) is 2. The van der Waals surface area contributed by atoms with Gasteiger partial charge >= 0.3 is 18.2 Å². The number of carbonyl (C=O) groups excluding carboxylic acids is 3. The lowest BCUT2D eigenvalue weighted by Crippen LogP contribution is -2.47. The number of amides is 2. The number of likely N-dealkylation sites (tertiary alicyclic amines) is 2. The van der Waals surface area contributed by atoms with E-state index in [9.17, 15) is 14.4 Å². The molecule has 8 nitrogen and oxygen atoms in total. The second-order valence-electron chi connectivity index (χ2n) is 10.0. The van der Waals surface area contributed by atoms with Crippen molar-refractivity contribution in [2.45, 2.75) is 85.0 Å². The van der Waals surface area contributed by atoms with Gasteiger partial charge in [-0.3, -0.25) is 4.90 Å². The summed E-state index contributed by atoms with van der Waals surface area (Å²) in [7, 11) is 0. The maximum atomic E-state index is 12.7. The SMILES string of the molecule is CCOC(=O)C1CC2(CCN(C(=O)OC(C)(C)C)CC2)CN1C(=O)OC(C)(C)C. The maximum Gasteiger partial charge on any atom is 0.411 e. The highest BCUT2D eigenvalue weighted by Gasteiger charge is 2.51. The Morgan fingerprint density at radius 2 is 1.45 bits per heavy atom. The summed E-state index contributed by atoms with van der Waals surface area (Å²) in [5.41, 5.74) is -1.42. The van der Waals surface area contributed by atoms with E-state index in [2.05, 4.69) is 0 Å². The number of rotatable bonds is 2. The first kappa shape index (κ1) is 23.3. The first-order valence-electron chi connectivity index (χ1n) is 10.4. The molecule has 29 heavy (non-hydrogen) atoms. The summed E-state index contributed by atoms with van der Waals surface area (Å²) in [4.78, 5) is 40.8. The summed E-state index contributed by atoms with van der Waals surface area (Å²) in [6.07, 6.45) is 1.09. The minimum atomic E-state index is -0.655. The molecule has 0 aliphatic carbocycles. The van der Waals surface area contributed by atoms with E-state index in [1.165, 1.54) is 4.90 Å². The van der Waals surface area contributed by atoms with Crippen molar-refractivity contribution in [3.8, 4) is 0 Å². The van der Waals surface area contributed by atoms with Gasteiger partial charge < -0.3 is 19.1 Å². The third-order valence-electron chi connectivity index (χ3n) is 5.17. The van der Waals surface area contributed by atoms with Gasteiger partial charge in [-0.25, -0.2) is 14.4 Å². The average Bonchev–Trinajstić information content (AvgIpc) is 2.92. The standard InChI is InChI=1S/C21H36N2O6/c1-8-27-16(24)15-13-21(14-23(15)18(26)29-20(5,6)7)9-11-22(12-10-21)17(25)28-19(2,3)4/h15H,8-14H2,1-7H3. The second-order valence-corrected chi connectivity index (χ2v) is 10.0. The fourth-order valence-corrected chi connectivity index (χ4v) is 3.87. The van der Waals surface area contributed by atoms with E-state index in [1.54, 1.807) is 32.6 Å². The molecule has 0 aromatic carbocycles. The molecule has 0 N–H and O–H groups in total. The van der Waals surface area contributed by atoms with Gasteiger partial charge in [-0.1, -0.05) is 0 Å². The van der Waals surface area contributed by atoms with Crippen molar-refractivity contribution in [1.29, 1.82) is 0 Å². The van der Waals surface area contributed by atoms with E-state index >= 15 is 0 Å². The fraction of sp³-hybridized carbons (Fsp3) is 0.857. The van der Waals surface area contributed by atoms with E-state index in [-0.39, 0.29) is 18.1 Å². The molecule has 2 rings (SSSR count). The highest BCUT2D eigenvalue weighted by Crippen LogP contribution is 2.44. The van der Waals surface area contributed by atoms with Crippen LogP contribution in [-0.2, 0) is 19.0 Å². The van der Waals surface area contributed by atoms with Crippen molar-refractivity contribution >= 4 is 18.2 Å². The molecule has 0 saturated carbocycles. The number of ether oxygens (including phenoxy) is 3. The Labute approximate surface area is 173 Å². The lowest BCUT2D eigenvalue weighted by Gasteiger charge is -2.39. The Hall–Kier alpha value is -1.99. The third kappa shape index (κ3) is 6.24. The molecule has 166 valence electrons. The summed E-state index contributed by atoms with van der Waals surface area (Å²) in [5.74, 6) is -0.398. The molecular formula is C21H36N2O6. The molecule has 2 fully saturated rings. The molecule has 1 unspecified atom stereocenters. The molecule has 1 spiro atoms. The van der Waals surface area contributed by atoms with E-state index < -0.39 is 29.3 Å². The molecule has 2 heterocycles. The Morgan fingerprint density at radius 3 is 1.93 bits per heavy atom. The van der Waals surface area contributed by atoms with E-state index in [1.807, 2.05) is 20.8 Å².